The van der Waals surface area contributed by atoms with Gasteiger partial charge in [0.05, 0.1) is 18.3 Å². The lowest BCUT2D eigenvalue weighted by Gasteiger charge is -2.06. The first-order valence-electron chi connectivity index (χ1n) is 6.35. The van der Waals surface area contributed by atoms with E-state index in [2.05, 4.69) is 15.7 Å². The fourth-order valence-corrected chi connectivity index (χ4v) is 1.76. The number of hydrogen-bond donors (Lipinski definition) is 2. The average molecular weight is 276 g/mol. The van der Waals surface area contributed by atoms with Crippen molar-refractivity contribution in [1.29, 1.82) is 0 Å². The number of urea groups is 1. The number of amides is 2. The predicted octanol–water partition coefficient (Wildman–Crippen LogP) is 1.65. The Hall–Kier alpha value is -2.57. The number of esters is 1. The van der Waals surface area contributed by atoms with Crippen LogP contribution in [0.5, 0.6) is 0 Å². The predicted molar refractivity (Wildman–Crippen MR) is 73.8 cm³/mol. The Bertz CT molecular complexity index is 636. The molecule has 0 aliphatic heterocycles. The molecule has 0 aliphatic carbocycles. The minimum absolute atomic E-state index is 0.297. The molecule has 0 spiro atoms. The molecule has 2 aromatic heterocycles. The molecule has 0 unspecified atom stereocenters. The second-order valence-electron chi connectivity index (χ2n) is 4.01. The molecule has 0 aromatic carbocycles. The number of fused-ring (bicyclic) bond motifs is 1. The summed E-state index contributed by atoms with van der Waals surface area (Å²) < 4.78 is 6.51. The van der Waals surface area contributed by atoms with Gasteiger partial charge in [0.25, 0.3) is 0 Å². The van der Waals surface area contributed by atoms with E-state index in [4.69, 9.17) is 4.74 Å². The van der Waals surface area contributed by atoms with Crippen LogP contribution in [0.3, 0.4) is 0 Å². The molecule has 7 nitrogen and oxygen atoms in total. The van der Waals surface area contributed by atoms with Crippen LogP contribution in [0.2, 0.25) is 0 Å². The fraction of sp³-hybridized carbons (Fsp3) is 0.308. The molecule has 0 radical (unpaired) electrons. The number of rotatable bonds is 4. The maximum atomic E-state index is 11.8. The summed E-state index contributed by atoms with van der Waals surface area (Å²) >= 11 is 0. The van der Waals surface area contributed by atoms with E-state index in [9.17, 15) is 9.59 Å². The second kappa shape index (κ2) is 6.05. The molecule has 2 aromatic rings. The second-order valence-corrected chi connectivity index (χ2v) is 4.01. The van der Waals surface area contributed by atoms with Gasteiger partial charge in [-0.25, -0.2) is 14.1 Å². The number of ether oxygens (including phenoxy) is 1. The van der Waals surface area contributed by atoms with Crippen molar-refractivity contribution in [2.45, 2.75) is 13.8 Å². The summed E-state index contributed by atoms with van der Waals surface area (Å²) in [7, 11) is 0. The fourth-order valence-electron chi connectivity index (χ4n) is 1.76. The first kappa shape index (κ1) is 13.9. The molecule has 0 aliphatic rings. The van der Waals surface area contributed by atoms with Gasteiger partial charge in [-0.2, -0.15) is 5.10 Å². The van der Waals surface area contributed by atoms with Crippen molar-refractivity contribution in [2.75, 3.05) is 18.5 Å². The van der Waals surface area contributed by atoms with Gasteiger partial charge in [-0.1, -0.05) is 0 Å². The first-order chi connectivity index (χ1) is 9.65. The third-order valence-electron chi connectivity index (χ3n) is 2.61. The van der Waals surface area contributed by atoms with Crippen molar-refractivity contribution >= 4 is 23.2 Å². The van der Waals surface area contributed by atoms with Gasteiger partial charge in [-0.15, -0.1) is 0 Å². The lowest BCUT2D eigenvalue weighted by molar-refractivity contribution is 0.0528. The van der Waals surface area contributed by atoms with Crippen molar-refractivity contribution in [3.8, 4) is 0 Å². The molecule has 0 atom stereocenters. The molecule has 0 saturated heterocycles. The van der Waals surface area contributed by atoms with Crippen LogP contribution in [-0.2, 0) is 4.74 Å². The number of nitrogens with one attached hydrogen (secondary N) is 2. The summed E-state index contributed by atoms with van der Waals surface area (Å²) in [5.41, 5.74) is 1.53. The highest BCUT2D eigenvalue weighted by Gasteiger charge is 2.14. The molecule has 2 rings (SSSR count). The Morgan fingerprint density at radius 2 is 2.20 bits per heavy atom. The molecular weight excluding hydrogens is 260 g/mol. The van der Waals surface area contributed by atoms with Crippen molar-refractivity contribution in [3.63, 3.8) is 0 Å². The molecule has 0 fully saturated rings. The Kier molecular flexibility index (Phi) is 4.19. The van der Waals surface area contributed by atoms with Gasteiger partial charge in [0.2, 0.25) is 0 Å². The summed E-state index contributed by atoms with van der Waals surface area (Å²) in [6, 6.07) is 3.08. The maximum absolute atomic E-state index is 11.8. The number of anilines is 1. The Morgan fingerprint density at radius 3 is 2.90 bits per heavy atom. The normalized spacial score (nSPS) is 10.3. The lowest BCUT2D eigenvalue weighted by atomic mass is 10.2. The summed E-state index contributed by atoms with van der Waals surface area (Å²) in [6.45, 7) is 4.41. The zero-order valence-corrected chi connectivity index (χ0v) is 11.3. The van der Waals surface area contributed by atoms with Crippen LogP contribution in [0.4, 0.5) is 10.5 Å². The number of pyridine rings is 1. The van der Waals surface area contributed by atoms with Gasteiger partial charge >= 0.3 is 12.0 Å². The number of carbonyl (C=O) groups is 2. The van der Waals surface area contributed by atoms with Crippen molar-refractivity contribution < 1.29 is 14.3 Å². The van der Waals surface area contributed by atoms with E-state index < -0.39 is 5.97 Å². The average Bonchev–Trinajstić information content (AvgIpc) is 2.82. The van der Waals surface area contributed by atoms with Crippen LogP contribution in [0.15, 0.2) is 24.5 Å². The molecule has 0 saturated carbocycles. The van der Waals surface area contributed by atoms with Crippen LogP contribution < -0.4 is 10.6 Å². The van der Waals surface area contributed by atoms with E-state index in [0.29, 0.717) is 29.9 Å². The van der Waals surface area contributed by atoms with E-state index in [0.717, 1.165) is 0 Å². The highest BCUT2D eigenvalue weighted by Crippen LogP contribution is 2.17. The van der Waals surface area contributed by atoms with Gasteiger partial charge in [0, 0.05) is 18.4 Å². The van der Waals surface area contributed by atoms with E-state index in [1.54, 1.807) is 29.8 Å². The molecule has 20 heavy (non-hydrogen) atoms. The van der Waals surface area contributed by atoms with Gasteiger partial charge in [0.1, 0.15) is 5.56 Å². The zero-order chi connectivity index (χ0) is 14.5. The van der Waals surface area contributed by atoms with Gasteiger partial charge in [-0.05, 0) is 26.0 Å². The van der Waals surface area contributed by atoms with Crippen molar-refractivity contribution in [2.24, 2.45) is 0 Å². The van der Waals surface area contributed by atoms with Gasteiger partial charge in [-0.3, -0.25) is 0 Å². The molecule has 7 heteroatoms. The maximum Gasteiger partial charge on any atom is 0.341 e. The SMILES string of the molecule is CCNC(=O)Nc1ccn2ncc(C(=O)OCC)c2c1. The van der Waals surface area contributed by atoms with Crippen molar-refractivity contribution in [3.05, 3.63) is 30.1 Å². The van der Waals surface area contributed by atoms with E-state index in [1.165, 1.54) is 6.20 Å². The topological polar surface area (TPSA) is 84.7 Å². The van der Waals surface area contributed by atoms with Crippen LogP contribution in [0, 0.1) is 0 Å². The summed E-state index contributed by atoms with van der Waals surface area (Å²) in [6.07, 6.45) is 3.11. The lowest BCUT2D eigenvalue weighted by Crippen LogP contribution is -2.28. The zero-order valence-electron chi connectivity index (χ0n) is 11.3. The monoisotopic (exact) mass is 276 g/mol. The Balaban J connectivity index is 2.29. The summed E-state index contributed by atoms with van der Waals surface area (Å²) in [5, 5.41) is 9.38. The highest BCUT2D eigenvalue weighted by molar-refractivity contribution is 5.98. The standard InChI is InChI=1S/C13H16N4O3/c1-3-14-13(19)16-9-5-6-17-11(7-9)10(8-15-17)12(18)20-4-2/h5-8H,3-4H2,1-2H3,(H2,14,16,19). The van der Waals surface area contributed by atoms with Crippen LogP contribution in [0.1, 0.15) is 24.2 Å². The van der Waals surface area contributed by atoms with Crippen LogP contribution in [0.25, 0.3) is 5.52 Å². The Labute approximate surface area is 115 Å². The van der Waals surface area contributed by atoms with E-state index >= 15 is 0 Å². The number of aromatic nitrogens is 2. The molecule has 0 bridgehead atoms. The Morgan fingerprint density at radius 1 is 1.40 bits per heavy atom. The highest BCUT2D eigenvalue weighted by atomic mass is 16.5. The minimum Gasteiger partial charge on any atom is -0.462 e. The van der Waals surface area contributed by atoms with Gasteiger partial charge < -0.3 is 15.4 Å². The third-order valence-corrected chi connectivity index (χ3v) is 2.61. The summed E-state index contributed by atoms with van der Waals surface area (Å²) in [5.74, 6) is -0.433. The smallest absolute Gasteiger partial charge is 0.341 e. The van der Waals surface area contributed by atoms with Gasteiger partial charge in [0.15, 0.2) is 0 Å². The van der Waals surface area contributed by atoms with Crippen molar-refractivity contribution in [1.82, 2.24) is 14.9 Å². The van der Waals surface area contributed by atoms with Crippen LogP contribution in [-0.4, -0.2) is 34.8 Å². The number of hydrogen-bond acceptors (Lipinski definition) is 4. The van der Waals surface area contributed by atoms with E-state index in [-0.39, 0.29) is 6.03 Å². The van der Waals surface area contributed by atoms with E-state index in [1.807, 2.05) is 6.92 Å². The van der Waals surface area contributed by atoms with Crippen LogP contribution >= 0.6 is 0 Å². The molecule has 2 N–H and O–H groups in total. The summed E-state index contributed by atoms with van der Waals surface area (Å²) in [4.78, 5) is 23.3. The molecular formula is C13H16N4O3. The largest absolute Gasteiger partial charge is 0.462 e. The first-order valence-corrected chi connectivity index (χ1v) is 6.35. The molecule has 2 amide bonds. The minimum atomic E-state index is -0.433. The molecule has 2 heterocycles. The quantitative estimate of drug-likeness (QED) is 0.832. The number of nitrogens with zero attached hydrogens (tertiary/aromatic N) is 2. The molecule has 106 valence electrons. The third kappa shape index (κ3) is 2.87. The number of carbonyl (C=O) groups excluding carboxylic acids is 2.